The van der Waals surface area contributed by atoms with Crippen LogP contribution in [0.3, 0.4) is 0 Å². The first kappa shape index (κ1) is 18.2. The number of pyridine rings is 1. The van der Waals surface area contributed by atoms with Gasteiger partial charge in [-0.1, -0.05) is 13.3 Å². The summed E-state index contributed by atoms with van der Waals surface area (Å²) in [6, 6.07) is 6.65. The molecule has 2 aliphatic rings. The lowest BCUT2D eigenvalue weighted by Crippen LogP contribution is -2.52. The summed E-state index contributed by atoms with van der Waals surface area (Å²) in [7, 11) is 2.11. The number of rotatable bonds is 5. The van der Waals surface area contributed by atoms with E-state index in [-0.39, 0.29) is 0 Å². The zero-order valence-corrected chi connectivity index (χ0v) is 17.3. The normalized spacial score (nSPS) is 19.7. The minimum atomic E-state index is 0.426. The topological polar surface area (TPSA) is 70.7 Å². The van der Waals surface area contributed by atoms with E-state index < -0.39 is 0 Å². The molecule has 150 valence electrons. The molecule has 5 heterocycles. The average molecular weight is 390 g/mol. The highest BCUT2D eigenvalue weighted by Gasteiger charge is 2.24. The predicted molar refractivity (Wildman–Crippen MR) is 116 cm³/mol. The number of aromatic nitrogens is 4. The Morgan fingerprint density at radius 1 is 1.21 bits per heavy atom. The Morgan fingerprint density at radius 2 is 2.07 bits per heavy atom. The van der Waals surface area contributed by atoms with Crippen molar-refractivity contribution in [2.45, 2.75) is 39.2 Å². The van der Waals surface area contributed by atoms with Gasteiger partial charge in [0.15, 0.2) is 0 Å². The van der Waals surface area contributed by atoms with Gasteiger partial charge in [0.2, 0.25) is 5.95 Å². The van der Waals surface area contributed by atoms with Gasteiger partial charge in [-0.2, -0.15) is 0 Å². The number of nitrogens with one attached hydrogen (secondary N) is 1. The number of hydrogen-bond acceptors (Lipinski definition) is 6. The molecule has 0 spiro atoms. The first-order chi connectivity index (χ1) is 14.1. The van der Waals surface area contributed by atoms with E-state index in [4.69, 9.17) is 9.98 Å². The van der Waals surface area contributed by atoms with E-state index in [1.807, 2.05) is 16.9 Å². The number of aliphatic imine (C=N–C) groups is 1. The Labute approximate surface area is 170 Å². The molecule has 0 aromatic carbocycles. The largest absolute Gasteiger partial charge is 0.348 e. The summed E-state index contributed by atoms with van der Waals surface area (Å²) < 4.78 is 1.89. The van der Waals surface area contributed by atoms with Gasteiger partial charge in [0, 0.05) is 36.5 Å². The Balaban J connectivity index is 1.43. The van der Waals surface area contributed by atoms with Crippen molar-refractivity contribution in [3.05, 3.63) is 36.3 Å². The maximum Gasteiger partial charge on any atom is 0.241 e. The summed E-state index contributed by atoms with van der Waals surface area (Å²) in [6.45, 7) is 6.42. The van der Waals surface area contributed by atoms with Crippen molar-refractivity contribution < 1.29 is 0 Å². The molecule has 3 aromatic rings. The van der Waals surface area contributed by atoms with E-state index in [2.05, 4.69) is 59.4 Å². The van der Waals surface area contributed by atoms with Crippen LogP contribution in [-0.4, -0.2) is 56.4 Å². The third kappa shape index (κ3) is 3.40. The van der Waals surface area contributed by atoms with Gasteiger partial charge >= 0.3 is 0 Å². The van der Waals surface area contributed by atoms with Gasteiger partial charge in [0.1, 0.15) is 0 Å². The van der Waals surface area contributed by atoms with E-state index in [9.17, 15) is 0 Å². The van der Waals surface area contributed by atoms with Crippen LogP contribution in [0.1, 0.15) is 32.4 Å². The fourth-order valence-electron chi connectivity index (χ4n) is 4.37. The molecule has 1 atom stereocenters. The number of likely N-dealkylation sites (tertiary alicyclic amines) is 1. The molecule has 0 bridgehead atoms. The molecule has 1 saturated heterocycles. The minimum absolute atomic E-state index is 0.426. The van der Waals surface area contributed by atoms with Crippen LogP contribution in [0.25, 0.3) is 16.8 Å². The van der Waals surface area contributed by atoms with Crippen LogP contribution in [0.15, 0.2) is 35.6 Å². The molecule has 7 heteroatoms. The summed E-state index contributed by atoms with van der Waals surface area (Å²) in [5.41, 5.74) is 6.32. The van der Waals surface area contributed by atoms with Gasteiger partial charge in [-0.05, 0) is 45.0 Å². The molecule has 0 aliphatic carbocycles. The van der Waals surface area contributed by atoms with Gasteiger partial charge in [0.05, 0.1) is 34.8 Å². The van der Waals surface area contributed by atoms with Crippen molar-refractivity contribution in [1.29, 1.82) is 0 Å². The molecule has 3 aromatic heterocycles. The Kier molecular flexibility index (Phi) is 4.54. The summed E-state index contributed by atoms with van der Waals surface area (Å²) >= 11 is 0. The summed E-state index contributed by atoms with van der Waals surface area (Å²) in [4.78, 5) is 16.6. The van der Waals surface area contributed by atoms with Gasteiger partial charge in [-0.15, -0.1) is 5.10 Å². The number of nitrogens with zero attached hydrogens (tertiary/aromatic N) is 6. The molecule has 7 nitrogen and oxygen atoms in total. The standard InChI is InChI=1S/C22H27N7/c1-4-5-15-10-20-19(24-14(15)2)7-6-18(26-20)17-8-9-29-21(17)11-23-22(27-29)25-16-12-28(3)13-16/h6-9,11,15-16H,4-5,10,12-13H2,1-3H3,(H,25,27). The number of anilines is 1. The smallest absolute Gasteiger partial charge is 0.241 e. The lowest BCUT2D eigenvalue weighted by Gasteiger charge is -2.36. The van der Waals surface area contributed by atoms with Crippen molar-refractivity contribution in [1.82, 2.24) is 24.5 Å². The van der Waals surface area contributed by atoms with Crippen LogP contribution in [-0.2, 0) is 6.42 Å². The fourth-order valence-corrected chi connectivity index (χ4v) is 4.37. The lowest BCUT2D eigenvalue weighted by atomic mass is 9.90. The highest BCUT2D eigenvalue weighted by atomic mass is 15.3. The number of hydrogen-bond donors (Lipinski definition) is 1. The van der Waals surface area contributed by atoms with Crippen molar-refractivity contribution in [2.24, 2.45) is 10.9 Å². The SMILES string of the molecule is CCCC1Cc2nc(-c3ccn4nc(NC5CN(C)C5)ncc34)ccc2N=C1C. The van der Waals surface area contributed by atoms with Crippen molar-refractivity contribution in [3.8, 4) is 11.3 Å². The second-order valence-electron chi connectivity index (χ2n) is 8.31. The maximum atomic E-state index is 4.98. The quantitative estimate of drug-likeness (QED) is 0.722. The Morgan fingerprint density at radius 3 is 2.86 bits per heavy atom. The first-order valence-electron chi connectivity index (χ1n) is 10.5. The van der Waals surface area contributed by atoms with Crippen molar-refractivity contribution in [3.63, 3.8) is 0 Å². The number of fused-ring (bicyclic) bond motifs is 2. The average Bonchev–Trinajstić information content (AvgIpc) is 3.10. The third-order valence-corrected chi connectivity index (χ3v) is 6.00. The summed E-state index contributed by atoms with van der Waals surface area (Å²) in [6.07, 6.45) is 7.17. The molecule has 0 saturated carbocycles. The van der Waals surface area contributed by atoms with Crippen LogP contribution in [0, 0.1) is 5.92 Å². The van der Waals surface area contributed by atoms with E-state index >= 15 is 0 Å². The second kappa shape index (κ2) is 7.22. The summed E-state index contributed by atoms with van der Waals surface area (Å²) in [5.74, 6) is 1.17. The van der Waals surface area contributed by atoms with Crippen LogP contribution in [0.4, 0.5) is 11.6 Å². The predicted octanol–water partition coefficient (Wildman–Crippen LogP) is 3.58. The van der Waals surface area contributed by atoms with Crippen LogP contribution >= 0.6 is 0 Å². The molecule has 0 radical (unpaired) electrons. The van der Waals surface area contributed by atoms with E-state index in [1.165, 1.54) is 12.1 Å². The second-order valence-corrected chi connectivity index (χ2v) is 8.31. The van der Waals surface area contributed by atoms with E-state index in [0.717, 1.165) is 54.1 Å². The summed E-state index contributed by atoms with van der Waals surface area (Å²) in [5, 5.41) is 8.03. The van der Waals surface area contributed by atoms with Crippen molar-refractivity contribution >= 4 is 22.9 Å². The molecule has 5 rings (SSSR count). The van der Waals surface area contributed by atoms with Crippen LogP contribution in [0.2, 0.25) is 0 Å². The van der Waals surface area contributed by atoms with Crippen LogP contribution in [0.5, 0.6) is 0 Å². The third-order valence-electron chi connectivity index (χ3n) is 6.00. The molecule has 0 amide bonds. The zero-order valence-electron chi connectivity index (χ0n) is 17.3. The Hall–Kier alpha value is -2.80. The van der Waals surface area contributed by atoms with E-state index in [1.54, 1.807) is 0 Å². The van der Waals surface area contributed by atoms with Gasteiger partial charge in [-0.25, -0.2) is 9.50 Å². The van der Waals surface area contributed by atoms with Gasteiger partial charge in [0.25, 0.3) is 0 Å². The molecule has 1 N–H and O–H groups in total. The minimum Gasteiger partial charge on any atom is -0.348 e. The van der Waals surface area contributed by atoms with Gasteiger partial charge in [-0.3, -0.25) is 9.98 Å². The molecule has 2 aliphatic heterocycles. The molecule has 29 heavy (non-hydrogen) atoms. The molecular formula is C22H27N7. The van der Waals surface area contributed by atoms with E-state index in [0.29, 0.717) is 17.9 Å². The van der Waals surface area contributed by atoms with Crippen molar-refractivity contribution in [2.75, 3.05) is 25.5 Å². The monoisotopic (exact) mass is 389 g/mol. The molecular weight excluding hydrogens is 362 g/mol. The maximum absolute atomic E-state index is 4.98. The molecule has 1 fully saturated rings. The zero-order chi connectivity index (χ0) is 20.0. The Bertz CT molecular complexity index is 1080. The number of likely N-dealkylation sites (N-methyl/N-ethyl adjacent to an activating group) is 1. The highest BCUT2D eigenvalue weighted by molar-refractivity contribution is 5.89. The van der Waals surface area contributed by atoms with Gasteiger partial charge < -0.3 is 10.2 Å². The van der Waals surface area contributed by atoms with Crippen LogP contribution < -0.4 is 5.32 Å². The lowest BCUT2D eigenvalue weighted by molar-refractivity contribution is 0.204. The fraction of sp³-hybridized carbons (Fsp3) is 0.455. The molecule has 1 unspecified atom stereocenters. The first-order valence-corrected chi connectivity index (χ1v) is 10.5. The highest BCUT2D eigenvalue weighted by Crippen LogP contribution is 2.33.